The molecular weight excluding hydrogens is 140 g/mol. The minimum atomic E-state index is 0.529. The van der Waals surface area contributed by atoms with Gasteiger partial charge in [-0.05, 0) is 18.8 Å². The fourth-order valence-corrected chi connectivity index (χ4v) is 0.827. The van der Waals surface area contributed by atoms with Crippen molar-refractivity contribution in [3.05, 3.63) is 0 Å². The summed E-state index contributed by atoms with van der Waals surface area (Å²) in [5.74, 6) is 0.754. The van der Waals surface area contributed by atoms with E-state index in [1.54, 1.807) is 0 Å². The first-order chi connectivity index (χ1) is 5.27. The van der Waals surface area contributed by atoms with E-state index in [4.69, 9.17) is 4.74 Å². The lowest BCUT2D eigenvalue weighted by atomic mass is 10.1. The van der Waals surface area contributed by atoms with Crippen LogP contribution >= 0.6 is 0 Å². The summed E-state index contributed by atoms with van der Waals surface area (Å²) in [6, 6.07) is 0. The summed E-state index contributed by atoms with van der Waals surface area (Å²) in [5, 5.41) is 0. The van der Waals surface area contributed by atoms with Crippen LogP contribution in [0, 0.1) is 5.92 Å². The van der Waals surface area contributed by atoms with E-state index in [0.29, 0.717) is 13.0 Å². The predicted octanol–water partition coefficient (Wildman–Crippen LogP) is 2.03. The zero-order chi connectivity index (χ0) is 8.53. The van der Waals surface area contributed by atoms with E-state index >= 15 is 0 Å². The monoisotopic (exact) mass is 158 g/mol. The van der Waals surface area contributed by atoms with Crippen molar-refractivity contribution in [2.45, 2.75) is 33.1 Å². The van der Waals surface area contributed by atoms with Crippen LogP contribution in [0.15, 0.2) is 0 Å². The molecule has 0 radical (unpaired) electrons. The number of ether oxygens (including phenoxy) is 1. The van der Waals surface area contributed by atoms with Crippen molar-refractivity contribution in [3.63, 3.8) is 0 Å². The summed E-state index contributed by atoms with van der Waals surface area (Å²) >= 11 is 0. The van der Waals surface area contributed by atoms with Gasteiger partial charge in [0.15, 0.2) is 0 Å². The van der Waals surface area contributed by atoms with Crippen molar-refractivity contribution in [1.29, 1.82) is 0 Å². The van der Waals surface area contributed by atoms with Gasteiger partial charge in [-0.2, -0.15) is 0 Å². The van der Waals surface area contributed by atoms with Gasteiger partial charge in [0.2, 0.25) is 0 Å². The lowest BCUT2D eigenvalue weighted by Gasteiger charge is -2.03. The third kappa shape index (κ3) is 9.63. The summed E-state index contributed by atoms with van der Waals surface area (Å²) in [5.41, 5.74) is 0. The summed E-state index contributed by atoms with van der Waals surface area (Å²) < 4.78 is 5.19. The molecule has 0 spiro atoms. The SMILES string of the molecule is CC(C)CCCOCCC=O. The number of carbonyl (C=O) groups excluding carboxylic acids is 1. The molecule has 0 rings (SSSR count). The molecule has 0 saturated heterocycles. The van der Waals surface area contributed by atoms with Crippen LogP contribution < -0.4 is 0 Å². The largest absolute Gasteiger partial charge is 0.381 e. The van der Waals surface area contributed by atoms with E-state index in [1.165, 1.54) is 6.42 Å². The highest BCUT2D eigenvalue weighted by atomic mass is 16.5. The maximum atomic E-state index is 9.87. The fourth-order valence-electron chi connectivity index (χ4n) is 0.827. The summed E-state index contributed by atoms with van der Waals surface area (Å²) in [6.07, 6.45) is 3.74. The molecule has 11 heavy (non-hydrogen) atoms. The van der Waals surface area contributed by atoms with Crippen LogP contribution in [0.1, 0.15) is 33.1 Å². The highest BCUT2D eigenvalue weighted by Crippen LogP contribution is 2.02. The van der Waals surface area contributed by atoms with Crippen LogP contribution in [0.25, 0.3) is 0 Å². The highest BCUT2D eigenvalue weighted by molar-refractivity contribution is 5.49. The van der Waals surface area contributed by atoms with Gasteiger partial charge in [0.25, 0.3) is 0 Å². The van der Waals surface area contributed by atoms with E-state index in [1.807, 2.05) is 0 Å². The average Bonchev–Trinajstić information content (AvgIpc) is 1.96. The Morgan fingerprint density at radius 2 is 2.09 bits per heavy atom. The van der Waals surface area contributed by atoms with Gasteiger partial charge in [-0.1, -0.05) is 13.8 Å². The van der Waals surface area contributed by atoms with Crippen LogP contribution in [0.3, 0.4) is 0 Å². The maximum Gasteiger partial charge on any atom is 0.122 e. The molecule has 2 heteroatoms. The van der Waals surface area contributed by atoms with Gasteiger partial charge >= 0.3 is 0 Å². The lowest BCUT2D eigenvalue weighted by Crippen LogP contribution is -1.99. The molecule has 0 aliphatic rings. The van der Waals surface area contributed by atoms with Crippen molar-refractivity contribution in [1.82, 2.24) is 0 Å². The minimum Gasteiger partial charge on any atom is -0.381 e. The highest BCUT2D eigenvalue weighted by Gasteiger charge is 1.93. The Labute approximate surface area is 68.9 Å². The van der Waals surface area contributed by atoms with Crippen molar-refractivity contribution < 1.29 is 9.53 Å². The lowest BCUT2D eigenvalue weighted by molar-refractivity contribution is -0.108. The molecule has 0 aromatic heterocycles. The Hall–Kier alpha value is -0.370. The Balaban J connectivity index is 2.85. The van der Waals surface area contributed by atoms with E-state index in [2.05, 4.69) is 13.8 Å². The Morgan fingerprint density at radius 3 is 2.64 bits per heavy atom. The van der Waals surface area contributed by atoms with Crippen molar-refractivity contribution in [2.75, 3.05) is 13.2 Å². The van der Waals surface area contributed by atoms with Crippen molar-refractivity contribution in [2.24, 2.45) is 5.92 Å². The quantitative estimate of drug-likeness (QED) is 0.418. The van der Waals surface area contributed by atoms with Gasteiger partial charge in [0.05, 0.1) is 6.61 Å². The predicted molar refractivity (Wildman–Crippen MR) is 45.6 cm³/mol. The molecule has 0 fully saturated rings. The second kappa shape index (κ2) is 7.73. The molecule has 0 N–H and O–H groups in total. The Bertz CT molecular complexity index is 89.6. The molecule has 0 aromatic carbocycles. The van der Waals surface area contributed by atoms with Crippen LogP contribution in [-0.4, -0.2) is 19.5 Å². The van der Waals surface area contributed by atoms with Gasteiger partial charge in [-0.3, -0.25) is 0 Å². The normalized spacial score (nSPS) is 10.5. The van der Waals surface area contributed by atoms with E-state index in [-0.39, 0.29) is 0 Å². The summed E-state index contributed by atoms with van der Waals surface area (Å²) in [6.45, 7) is 5.78. The van der Waals surface area contributed by atoms with E-state index < -0.39 is 0 Å². The number of aldehydes is 1. The third-order valence-electron chi connectivity index (χ3n) is 1.45. The van der Waals surface area contributed by atoms with Crippen LogP contribution in [-0.2, 0) is 9.53 Å². The fraction of sp³-hybridized carbons (Fsp3) is 0.889. The van der Waals surface area contributed by atoms with Crippen LogP contribution in [0.2, 0.25) is 0 Å². The smallest absolute Gasteiger partial charge is 0.122 e. The van der Waals surface area contributed by atoms with Gasteiger partial charge in [-0.15, -0.1) is 0 Å². The third-order valence-corrected chi connectivity index (χ3v) is 1.45. The number of carbonyl (C=O) groups is 1. The van der Waals surface area contributed by atoms with Gasteiger partial charge in [0, 0.05) is 13.0 Å². The molecule has 0 heterocycles. The Morgan fingerprint density at radius 1 is 1.36 bits per heavy atom. The van der Waals surface area contributed by atoms with E-state index in [0.717, 1.165) is 25.2 Å². The van der Waals surface area contributed by atoms with Crippen molar-refractivity contribution >= 4 is 6.29 Å². The number of hydrogen-bond acceptors (Lipinski definition) is 2. The van der Waals surface area contributed by atoms with Crippen LogP contribution in [0.4, 0.5) is 0 Å². The minimum absolute atomic E-state index is 0.529. The Kier molecular flexibility index (Phi) is 7.47. The molecular formula is C9H18O2. The molecule has 0 aromatic rings. The first-order valence-electron chi connectivity index (χ1n) is 4.28. The standard InChI is InChI=1S/C9H18O2/c1-9(2)5-3-7-11-8-4-6-10/h6,9H,3-5,7-8H2,1-2H3. The second-order valence-corrected chi connectivity index (χ2v) is 3.10. The molecule has 0 saturated carbocycles. The number of hydrogen-bond donors (Lipinski definition) is 0. The topological polar surface area (TPSA) is 26.3 Å². The molecule has 0 aliphatic heterocycles. The van der Waals surface area contributed by atoms with Gasteiger partial charge in [0.1, 0.15) is 6.29 Å². The van der Waals surface area contributed by atoms with Gasteiger partial charge < -0.3 is 9.53 Å². The maximum absolute atomic E-state index is 9.87. The van der Waals surface area contributed by atoms with E-state index in [9.17, 15) is 4.79 Å². The molecule has 66 valence electrons. The average molecular weight is 158 g/mol. The van der Waals surface area contributed by atoms with Gasteiger partial charge in [-0.25, -0.2) is 0 Å². The second-order valence-electron chi connectivity index (χ2n) is 3.10. The van der Waals surface area contributed by atoms with Crippen LogP contribution in [0.5, 0.6) is 0 Å². The summed E-state index contributed by atoms with van der Waals surface area (Å²) in [7, 11) is 0. The molecule has 0 aliphatic carbocycles. The molecule has 0 amide bonds. The molecule has 0 unspecified atom stereocenters. The molecule has 0 atom stereocenters. The number of rotatable bonds is 7. The van der Waals surface area contributed by atoms with Crippen molar-refractivity contribution in [3.8, 4) is 0 Å². The first-order valence-corrected chi connectivity index (χ1v) is 4.28. The first kappa shape index (κ1) is 10.6. The molecule has 0 bridgehead atoms. The summed E-state index contributed by atoms with van der Waals surface area (Å²) in [4.78, 5) is 9.87. The zero-order valence-electron chi connectivity index (χ0n) is 7.51. The zero-order valence-corrected chi connectivity index (χ0v) is 7.51. The molecule has 2 nitrogen and oxygen atoms in total.